The zero-order valence-electron chi connectivity index (χ0n) is 9.40. The molecule has 0 radical (unpaired) electrons. The van der Waals surface area contributed by atoms with E-state index in [1.54, 1.807) is 6.07 Å². The van der Waals surface area contributed by atoms with Gasteiger partial charge in [-0.05, 0) is 30.2 Å². The van der Waals surface area contributed by atoms with Crippen LogP contribution in [-0.4, -0.2) is 15.2 Å². The third-order valence-corrected chi connectivity index (χ3v) is 3.22. The second-order valence-electron chi connectivity index (χ2n) is 3.61. The maximum absolute atomic E-state index is 13.1. The molecule has 0 aliphatic heterocycles. The molecule has 0 aliphatic carbocycles. The topological polar surface area (TPSA) is 67.6 Å². The molecule has 0 atom stereocenters. The van der Waals surface area contributed by atoms with E-state index in [4.69, 9.17) is 5.73 Å². The quantitative estimate of drug-likeness (QED) is 0.817. The van der Waals surface area contributed by atoms with Crippen LogP contribution in [-0.2, 0) is 12.3 Å². The van der Waals surface area contributed by atoms with Crippen molar-refractivity contribution in [3.8, 4) is 0 Å². The van der Waals surface area contributed by atoms with Crippen molar-refractivity contribution in [2.45, 2.75) is 24.4 Å². The van der Waals surface area contributed by atoms with Crippen molar-refractivity contribution in [2.24, 2.45) is 5.73 Å². The molecule has 1 aromatic heterocycles. The first-order chi connectivity index (χ1) is 8.19. The Labute approximate surface area is 103 Å². The molecule has 1 aromatic carbocycles. The maximum atomic E-state index is 13.1. The van der Waals surface area contributed by atoms with Crippen LogP contribution in [0, 0.1) is 12.7 Å². The highest BCUT2D eigenvalue weighted by atomic mass is 32.2. The molecule has 90 valence electrons. The average molecular weight is 252 g/mol. The highest BCUT2D eigenvalue weighted by Gasteiger charge is 2.06. The van der Waals surface area contributed by atoms with Gasteiger partial charge in [0, 0.05) is 12.3 Å². The van der Waals surface area contributed by atoms with Crippen LogP contribution in [0.1, 0.15) is 17.0 Å². The van der Waals surface area contributed by atoms with E-state index in [2.05, 4.69) is 15.2 Å². The van der Waals surface area contributed by atoms with Gasteiger partial charge in [0.15, 0.2) is 0 Å². The number of aromatic nitrogens is 3. The van der Waals surface area contributed by atoms with Crippen molar-refractivity contribution in [3.63, 3.8) is 0 Å². The molecular weight excluding hydrogens is 239 g/mol. The van der Waals surface area contributed by atoms with Crippen LogP contribution in [0.5, 0.6) is 0 Å². The first kappa shape index (κ1) is 12.1. The summed E-state index contributed by atoms with van der Waals surface area (Å²) in [5, 5.41) is 7.44. The number of halogens is 1. The minimum Gasteiger partial charge on any atom is -0.326 e. The van der Waals surface area contributed by atoms with Crippen molar-refractivity contribution >= 4 is 11.8 Å². The molecule has 4 nitrogen and oxygen atoms in total. The van der Waals surface area contributed by atoms with Gasteiger partial charge in [-0.25, -0.2) is 9.37 Å². The van der Waals surface area contributed by atoms with Gasteiger partial charge < -0.3 is 5.73 Å². The molecule has 0 spiro atoms. The Kier molecular flexibility index (Phi) is 3.75. The van der Waals surface area contributed by atoms with Crippen LogP contribution >= 0.6 is 11.8 Å². The van der Waals surface area contributed by atoms with Crippen LogP contribution < -0.4 is 5.73 Å². The molecule has 0 bridgehead atoms. The lowest BCUT2D eigenvalue weighted by molar-refractivity contribution is 0.625. The third-order valence-electron chi connectivity index (χ3n) is 2.32. The summed E-state index contributed by atoms with van der Waals surface area (Å²) in [5.41, 5.74) is 7.44. The molecule has 1 heterocycles. The Morgan fingerprint density at radius 2 is 2.24 bits per heavy atom. The van der Waals surface area contributed by atoms with Gasteiger partial charge in [0.05, 0.1) is 0 Å². The number of benzene rings is 1. The lowest BCUT2D eigenvalue weighted by Crippen LogP contribution is -2.01. The van der Waals surface area contributed by atoms with Crippen molar-refractivity contribution < 1.29 is 4.39 Å². The number of H-pyrrole nitrogens is 1. The van der Waals surface area contributed by atoms with Gasteiger partial charge >= 0.3 is 0 Å². The number of thioether (sulfide) groups is 1. The normalized spacial score (nSPS) is 10.8. The van der Waals surface area contributed by atoms with E-state index in [1.165, 1.54) is 23.9 Å². The van der Waals surface area contributed by atoms with Crippen LogP contribution in [0.15, 0.2) is 23.4 Å². The number of hydrogen-bond acceptors (Lipinski definition) is 4. The van der Waals surface area contributed by atoms with Crippen LogP contribution in [0.3, 0.4) is 0 Å². The summed E-state index contributed by atoms with van der Waals surface area (Å²) < 4.78 is 13.1. The zero-order valence-corrected chi connectivity index (χ0v) is 10.2. The molecule has 0 fully saturated rings. The Balaban J connectivity index is 2.10. The number of rotatable bonds is 4. The summed E-state index contributed by atoms with van der Waals surface area (Å²) in [6.07, 6.45) is 0. The lowest BCUT2D eigenvalue weighted by atomic mass is 10.1. The fraction of sp³-hybridized carbons (Fsp3) is 0.273. The monoisotopic (exact) mass is 252 g/mol. The third kappa shape index (κ3) is 3.04. The summed E-state index contributed by atoms with van der Waals surface area (Å²) in [6.45, 7) is 2.24. The predicted octanol–water partition coefficient (Wildman–Crippen LogP) is 2.00. The van der Waals surface area contributed by atoms with E-state index in [1.807, 2.05) is 6.92 Å². The summed E-state index contributed by atoms with van der Waals surface area (Å²) in [6, 6.07) is 4.65. The molecule has 0 amide bonds. The van der Waals surface area contributed by atoms with Gasteiger partial charge in [0.2, 0.25) is 5.16 Å². The van der Waals surface area contributed by atoms with Crippen molar-refractivity contribution in [1.29, 1.82) is 0 Å². The first-order valence-electron chi connectivity index (χ1n) is 5.18. The zero-order chi connectivity index (χ0) is 12.3. The van der Waals surface area contributed by atoms with Crippen molar-refractivity contribution in [1.82, 2.24) is 15.2 Å². The van der Waals surface area contributed by atoms with Gasteiger partial charge in [0.25, 0.3) is 0 Å². The average Bonchev–Trinajstić information content (AvgIpc) is 2.73. The lowest BCUT2D eigenvalue weighted by Gasteiger charge is -2.06. The highest BCUT2D eigenvalue weighted by Crippen LogP contribution is 2.22. The number of nitrogens with two attached hydrogens (primary N) is 1. The molecule has 0 unspecified atom stereocenters. The molecule has 17 heavy (non-hydrogen) atoms. The second kappa shape index (κ2) is 5.29. The summed E-state index contributed by atoms with van der Waals surface area (Å²) in [7, 11) is 0. The minimum atomic E-state index is -0.246. The molecule has 2 rings (SSSR count). The number of aryl methyl sites for hydroxylation is 1. The van der Waals surface area contributed by atoms with E-state index in [0.717, 1.165) is 17.0 Å². The first-order valence-corrected chi connectivity index (χ1v) is 6.17. The van der Waals surface area contributed by atoms with Gasteiger partial charge in [0.1, 0.15) is 11.6 Å². The molecule has 2 aromatic rings. The van der Waals surface area contributed by atoms with Crippen LogP contribution in [0.2, 0.25) is 0 Å². The maximum Gasteiger partial charge on any atom is 0.208 e. The van der Waals surface area contributed by atoms with Gasteiger partial charge in [-0.15, -0.1) is 5.10 Å². The van der Waals surface area contributed by atoms with Gasteiger partial charge in [-0.3, -0.25) is 5.10 Å². The minimum absolute atomic E-state index is 0.246. The Morgan fingerprint density at radius 1 is 1.41 bits per heavy atom. The van der Waals surface area contributed by atoms with Crippen molar-refractivity contribution in [3.05, 3.63) is 41.0 Å². The standard InChI is InChI=1S/C11H13FN4S/c1-7-14-11(16-15-7)17-6-9-4-10(12)3-2-8(9)5-13/h2-4H,5-6,13H2,1H3,(H,14,15,16). The van der Waals surface area contributed by atoms with Crippen LogP contribution in [0.25, 0.3) is 0 Å². The Bertz CT molecular complexity index is 512. The van der Waals surface area contributed by atoms with Gasteiger partial charge in [-0.2, -0.15) is 0 Å². The highest BCUT2D eigenvalue weighted by molar-refractivity contribution is 7.98. The number of nitrogens with one attached hydrogen (secondary N) is 1. The van der Waals surface area contributed by atoms with E-state index < -0.39 is 0 Å². The molecule has 0 saturated heterocycles. The summed E-state index contributed by atoms with van der Waals surface area (Å²) in [5.74, 6) is 1.14. The second-order valence-corrected chi connectivity index (χ2v) is 4.55. The number of aromatic amines is 1. The predicted molar refractivity (Wildman–Crippen MR) is 65.0 cm³/mol. The molecule has 3 N–H and O–H groups in total. The fourth-order valence-corrected chi connectivity index (χ4v) is 2.32. The van der Waals surface area contributed by atoms with Gasteiger partial charge in [-0.1, -0.05) is 17.8 Å². The molecule has 0 saturated carbocycles. The Hall–Kier alpha value is -1.40. The fourth-order valence-electron chi connectivity index (χ4n) is 1.46. The summed E-state index contributed by atoms with van der Waals surface area (Å²) in [4.78, 5) is 4.17. The number of hydrogen-bond donors (Lipinski definition) is 2. The molecular formula is C11H13FN4S. The summed E-state index contributed by atoms with van der Waals surface area (Å²) >= 11 is 1.46. The van der Waals surface area contributed by atoms with E-state index in [-0.39, 0.29) is 5.82 Å². The van der Waals surface area contributed by atoms with Crippen LogP contribution in [0.4, 0.5) is 4.39 Å². The molecule has 6 heteroatoms. The van der Waals surface area contributed by atoms with Crippen molar-refractivity contribution in [2.75, 3.05) is 0 Å². The number of nitrogens with zero attached hydrogens (tertiary/aromatic N) is 2. The van der Waals surface area contributed by atoms with E-state index in [0.29, 0.717) is 17.5 Å². The smallest absolute Gasteiger partial charge is 0.208 e. The largest absolute Gasteiger partial charge is 0.326 e. The molecule has 0 aliphatic rings. The Morgan fingerprint density at radius 3 is 2.88 bits per heavy atom. The van der Waals surface area contributed by atoms with E-state index >= 15 is 0 Å². The SMILES string of the molecule is Cc1nc(SCc2cc(F)ccc2CN)n[nH]1. The van der Waals surface area contributed by atoms with E-state index in [9.17, 15) is 4.39 Å².